The number of nitrogens with one attached hydrogen (secondary N) is 3. The number of fused-ring (bicyclic) bond motifs is 1. The van der Waals surface area contributed by atoms with Crippen molar-refractivity contribution in [3.63, 3.8) is 0 Å². The van der Waals surface area contributed by atoms with E-state index >= 15 is 0 Å². The average Bonchev–Trinajstić information content (AvgIpc) is 3.68. The lowest BCUT2D eigenvalue weighted by molar-refractivity contribution is -0.139. The van der Waals surface area contributed by atoms with Gasteiger partial charge >= 0.3 is 0 Å². The van der Waals surface area contributed by atoms with Gasteiger partial charge in [0.1, 0.15) is 12.1 Å². The topological polar surface area (TPSA) is 171 Å². The van der Waals surface area contributed by atoms with Crippen molar-refractivity contribution in [1.82, 2.24) is 34.9 Å². The van der Waals surface area contributed by atoms with E-state index in [2.05, 4.69) is 60.0 Å². The number of imide groups is 1. The molecule has 328 valence electrons. The van der Waals surface area contributed by atoms with Crippen LogP contribution in [0.2, 0.25) is 0 Å². The number of hydrogen-bond donors (Lipinski definition) is 3. The van der Waals surface area contributed by atoms with Crippen LogP contribution < -0.4 is 20.9 Å². The number of halogens is 2. The third-order valence-corrected chi connectivity index (χ3v) is 13.6. The minimum atomic E-state index is -2.87. The molecule has 0 spiro atoms. The molecule has 1 aromatic carbocycles. The van der Waals surface area contributed by atoms with Gasteiger partial charge < -0.3 is 24.9 Å². The molecular weight excluding hydrogens is 799 g/mol. The Morgan fingerprint density at radius 1 is 1.00 bits per heavy atom. The summed E-state index contributed by atoms with van der Waals surface area (Å²) < 4.78 is 35.6. The first-order valence-corrected chi connectivity index (χ1v) is 22.0. The predicted octanol–water partition coefficient (Wildman–Crippen LogP) is 6.39. The fourth-order valence-electron chi connectivity index (χ4n) is 9.82. The molecule has 62 heavy (non-hydrogen) atoms. The molecule has 3 aromatic heterocycles. The molecule has 2 aliphatic carbocycles. The number of carbonyl (C=O) groups is 4. The molecule has 2 atom stereocenters. The molecule has 2 unspecified atom stereocenters. The summed E-state index contributed by atoms with van der Waals surface area (Å²) in [6.07, 6.45) is 10.2. The standard InChI is InChI=1S/C45H54F2N10O5/c1-54(30-14-17-56(18-15-30)23-28-7-10-32-36(19-28)55(2)45(61)39(32)33-11-12-38(58)52-42(33)59)22-27-5-8-31(9-6-27)57-24-34(40(53-57)41(46)47)50-43(60)35-25-62-44(51-35)29-13-16-48-37(20-29)49-21-26-3-4-26/h7,10,13,16,19-20,24-27,30-31,33,39,41H,3-6,8-9,11-12,14-15,17-18,21-23H2,1-2H3,(H,48,49)(H,50,60)(H,52,58,59). The number of nitrogens with zero attached hydrogens (tertiary/aromatic N) is 7. The van der Waals surface area contributed by atoms with Crippen LogP contribution in [0, 0.1) is 17.8 Å². The van der Waals surface area contributed by atoms with Crippen molar-refractivity contribution in [2.45, 2.75) is 95.2 Å². The normalized spacial score (nSPS) is 23.6. The molecule has 3 N–H and O–H groups in total. The molecule has 9 rings (SSSR count). The lowest BCUT2D eigenvalue weighted by Gasteiger charge is -2.39. The Labute approximate surface area is 359 Å². The van der Waals surface area contributed by atoms with E-state index in [9.17, 15) is 28.0 Å². The number of rotatable bonds is 14. The second kappa shape index (κ2) is 17.7. The smallest absolute Gasteiger partial charge is 0.284 e. The van der Waals surface area contributed by atoms with Gasteiger partial charge in [0.2, 0.25) is 23.6 Å². The van der Waals surface area contributed by atoms with E-state index in [1.807, 2.05) is 6.07 Å². The van der Waals surface area contributed by atoms with E-state index < -0.39 is 29.9 Å². The summed E-state index contributed by atoms with van der Waals surface area (Å²) in [5.74, 6) is -0.439. The molecule has 0 bridgehead atoms. The fraction of sp³-hybridized carbons (Fsp3) is 0.533. The summed E-state index contributed by atoms with van der Waals surface area (Å²) in [5, 5.41) is 12.6. The number of aromatic nitrogens is 4. The fourth-order valence-corrected chi connectivity index (χ4v) is 9.82. The maximum Gasteiger partial charge on any atom is 0.284 e. The number of likely N-dealkylation sites (N-methyl/N-ethyl adjacent to an activating group) is 1. The van der Waals surface area contributed by atoms with Gasteiger partial charge in [-0.1, -0.05) is 12.1 Å². The van der Waals surface area contributed by atoms with Gasteiger partial charge in [-0.05, 0) is 119 Å². The Balaban J connectivity index is 0.738. The molecule has 3 aliphatic heterocycles. The van der Waals surface area contributed by atoms with E-state index in [-0.39, 0.29) is 47.5 Å². The number of benzene rings is 1. The second-order valence-electron chi connectivity index (χ2n) is 17.9. The zero-order chi connectivity index (χ0) is 43.1. The first-order chi connectivity index (χ1) is 30.0. The summed E-state index contributed by atoms with van der Waals surface area (Å²) in [7, 11) is 3.96. The van der Waals surface area contributed by atoms with Gasteiger partial charge in [-0.25, -0.2) is 18.7 Å². The molecule has 4 aromatic rings. The van der Waals surface area contributed by atoms with Crippen molar-refractivity contribution in [3.05, 3.63) is 71.5 Å². The second-order valence-corrected chi connectivity index (χ2v) is 17.9. The lowest BCUT2D eigenvalue weighted by Crippen LogP contribution is -2.44. The molecule has 15 nitrogen and oxygen atoms in total. The summed E-state index contributed by atoms with van der Waals surface area (Å²) >= 11 is 0. The Bertz CT molecular complexity index is 2310. The van der Waals surface area contributed by atoms with Gasteiger partial charge in [-0.2, -0.15) is 5.10 Å². The van der Waals surface area contributed by atoms with Gasteiger partial charge in [0.15, 0.2) is 11.4 Å². The first kappa shape index (κ1) is 41.8. The maximum absolute atomic E-state index is 14.2. The molecular formula is C45H54F2N10O5. The number of hydrogen-bond acceptors (Lipinski definition) is 11. The van der Waals surface area contributed by atoms with Crippen molar-refractivity contribution < 1.29 is 32.4 Å². The number of likely N-dealkylation sites (tertiary alicyclic amines) is 1. The Hall–Kier alpha value is -5.55. The average molecular weight is 853 g/mol. The van der Waals surface area contributed by atoms with Gasteiger partial charge in [0.25, 0.3) is 12.3 Å². The molecule has 2 saturated carbocycles. The number of carbonyl (C=O) groups excluding carboxylic acids is 4. The minimum absolute atomic E-state index is 0.0264. The van der Waals surface area contributed by atoms with Crippen molar-refractivity contribution in [3.8, 4) is 11.5 Å². The first-order valence-electron chi connectivity index (χ1n) is 22.0. The monoisotopic (exact) mass is 852 g/mol. The van der Waals surface area contributed by atoms with Crippen molar-refractivity contribution in [2.24, 2.45) is 17.8 Å². The number of amides is 4. The molecule has 17 heteroatoms. The summed E-state index contributed by atoms with van der Waals surface area (Å²) in [4.78, 5) is 66.1. The highest BCUT2D eigenvalue weighted by molar-refractivity contribution is 6.09. The molecule has 4 fully saturated rings. The van der Waals surface area contributed by atoms with E-state index in [0.29, 0.717) is 35.7 Å². The number of anilines is 3. The lowest BCUT2D eigenvalue weighted by atomic mass is 9.81. The summed E-state index contributed by atoms with van der Waals surface area (Å²) in [6.45, 7) is 4.51. The summed E-state index contributed by atoms with van der Waals surface area (Å²) in [6, 6.07) is 10.1. The van der Waals surface area contributed by atoms with Crippen molar-refractivity contribution >= 4 is 40.8 Å². The number of alkyl halides is 2. The Morgan fingerprint density at radius 3 is 2.52 bits per heavy atom. The van der Waals surface area contributed by atoms with Gasteiger partial charge in [-0.15, -0.1) is 0 Å². The van der Waals surface area contributed by atoms with Crippen LogP contribution in [0.15, 0.2) is 53.4 Å². The number of oxazole rings is 1. The molecule has 2 saturated heterocycles. The van der Waals surface area contributed by atoms with Crippen LogP contribution in [-0.4, -0.2) is 99.5 Å². The minimum Gasteiger partial charge on any atom is -0.444 e. The molecule has 0 radical (unpaired) electrons. The molecule has 4 amide bonds. The van der Waals surface area contributed by atoms with Gasteiger partial charge in [-0.3, -0.25) is 34.1 Å². The molecule has 5 aliphatic rings. The van der Waals surface area contributed by atoms with Crippen LogP contribution >= 0.6 is 0 Å². The van der Waals surface area contributed by atoms with Crippen LogP contribution in [0.3, 0.4) is 0 Å². The van der Waals surface area contributed by atoms with Crippen molar-refractivity contribution in [1.29, 1.82) is 0 Å². The maximum atomic E-state index is 14.2. The zero-order valence-electron chi connectivity index (χ0n) is 35.2. The van der Waals surface area contributed by atoms with Crippen LogP contribution in [0.4, 0.5) is 26.0 Å². The van der Waals surface area contributed by atoms with E-state index in [1.165, 1.54) is 25.3 Å². The highest BCUT2D eigenvalue weighted by atomic mass is 19.3. The van der Waals surface area contributed by atoms with E-state index in [1.54, 1.807) is 35.0 Å². The van der Waals surface area contributed by atoms with E-state index in [4.69, 9.17) is 4.42 Å². The number of pyridine rings is 1. The van der Waals surface area contributed by atoms with Gasteiger partial charge in [0, 0.05) is 62.8 Å². The highest BCUT2D eigenvalue weighted by Crippen LogP contribution is 2.44. The van der Waals surface area contributed by atoms with Crippen LogP contribution in [-0.2, 0) is 20.9 Å². The van der Waals surface area contributed by atoms with Crippen molar-refractivity contribution in [2.75, 3.05) is 55.8 Å². The van der Waals surface area contributed by atoms with E-state index in [0.717, 1.165) is 88.1 Å². The summed E-state index contributed by atoms with van der Waals surface area (Å²) in [5.41, 5.74) is 2.94. The quantitative estimate of drug-likeness (QED) is 0.120. The largest absolute Gasteiger partial charge is 0.444 e. The van der Waals surface area contributed by atoms with Crippen LogP contribution in [0.1, 0.15) is 110 Å². The zero-order valence-corrected chi connectivity index (χ0v) is 35.2. The van der Waals surface area contributed by atoms with Gasteiger partial charge in [0.05, 0.1) is 23.6 Å². The SMILES string of the molecule is CN1C(=O)C(C2CCC(=O)NC2=O)c2ccc(CN3CCC(N(C)CC4CCC(n5cc(NC(=O)c6coc(-c7ccnc(NCC8CC8)c7)n6)c(C(F)F)n5)CC4)CC3)cc21. The Morgan fingerprint density at radius 2 is 1.77 bits per heavy atom. The Kier molecular flexibility index (Phi) is 11.9. The van der Waals surface area contributed by atoms with Crippen LogP contribution in [0.25, 0.3) is 11.5 Å². The third-order valence-electron chi connectivity index (χ3n) is 13.6. The predicted molar refractivity (Wildman–Crippen MR) is 226 cm³/mol. The third kappa shape index (κ3) is 9.00. The highest BCUT2D eigenvalue weighted by Gasteiger charge is 2.45. The molecule has 6 heterocycles. The van der Waals surface area contributed by atoms with Crippen LogP contribution in [0.5, 0.6) is 0 Å². The number of piperidine rings is 2.